The summed E-state index contributed by atoms with van der Waals surface area (Å²) in [5, 5.41) is 11.6. The molecule has 3 heteroatoms. The van der Waals surface area contributed by atoms with Gasteiger partial charge in [-0.05, 0) is 29.5 Å². The number of amides is 1. The van der Waals surface area contributed by atoms with E-state index in [1.807, 2.05) is 18.2 Å². The molecule has 0 saturated heterocycles. The number of benzene rings is 1. The highest BCUT2D eigenvalue weighted by Crippen LogP contribution is 2.28. The number of rotatable bonds is 1. The largest absolute Gasteiger partial charge is 0.325 e. The van der Waals surface area contributed by atoms with E-state index in [1.54, 1.807) is 0 Å². The third-order valence-corrected chi connectivity index (χ3v) is 2.95. The maximum Gasteiger partial charge on any atom is 0.242 e. The van der Waals surface area contributed by atoms with Crippen molar-refractivity contribution in [3.05, 3.63) is 29.3 Å². The van der Waals surface area contributed by atoms with Crippen molar-refractivity contribution in [1.82, 2.24) is 0 Å². The van der Waals surface area contributed by atoms with Crippen LogP contribution in [0.3, 0.4) is 0 Å². The fourth-order valence-corrected chi connectivity index (χ4v) is 1.90. The number of carbonyl (C=O) groups excluding carboxylic acids is 1. The van der Waals surface area contributed by atoms with Crippen LogP contribution in [0.5, 0.6) is 0 Å². The second-order valence-electron chi connectivity index (χ2n) is 4.45. The van der Waals surface area contributed by atoms with Crippen molar-refractivity contribution in [1.29, 1.82) is 5.26 Å². The first kappa shape index (κ1) is 10.7. The molecule has 1 heterocycles. The van der Waals surface area contributed by atoms with Crippen molar-refractivity contribution in [2.75, 3.05) is 5.32 Å². The normalized spacial score (nSPS) is 18.9. The molecule has 1 aromatic rings. The summed E-state index contributed by atoms with van der Waals surface area (Å²) < 4.78 is 0. The van der Waals surface area contributed by atoms with Gasteiger partial charge in [0.15, 0.2) is 0 Å². The Bertz CT molecular complexity index is 471. The summed E-state index contributed by atoms with van der Waals surface area (Å²) in [6, 6.07) is 8.07. The van der Waals surface area contributed by atoms with E-state index in [0.29, 0.717) is 12.3 Å². The van der Waals surface area contributed by atoms with Gasteiger partial charge in [-0.2, -0.15) is 5.26 Å². The summed E-state index contributed by atoms with van der Waals surface area (Å²) in [4.78, 5) is 11.5. The van der Waals surface area contributed by atoms with Crippen LogP contribution in [0.4, 0.5) is 5.69 Å². The van der Waals surface area contributed by atoms with Gasteiger partial charge < -0.3 is 5.32 Å². The van der Waals surface area contributed by atoms with Crippen LogP contribution < -0.4 is 5.32 Å². The molecule has 0 spiro atoms. The van der Waals surface area contributed by atoms with Crippen molar-refractivity contribution in [2.24, 2.45) is 5.92 Å². The van der Waals surface area contributed by atoms with Gasteiger partial charge in [0, 0.05) is 5.69 Å². The zero-order valence-corrected chi connectivity index (χ0v) is 9.45. The maximum absolute atomic E-state index is 11.5. The fraction of sp³-hybridized carbons (Fsp3) is 0.385. The first-order chi connectivity index (χ1) is 7.61. The van der Waals surface area contributed by atoms with Gasteiger partial charge in [0.25, 0.3) is 0 Å². The third kappa shape index (κ3) is 1.79. The summed E-state index contributed by atoms with van der Waals surface area (Å²) in [6.45, 7) is 4.26. The minimum absolute atomic E-state index is 0.188. The van der Waals surface area contributed by atoms with Gasteiger partial charge in [-0.15, -0.1) is 0 Å². The molecule has 0 fully saturated rings. The van der Waals surface area contributed by atoms with Gasteiger partial charge >= 0.3 is 0 Å². The van der Waals surface area contributed by atoms with E-state index in [0.717, 1.165) is 11.3 Å². The summed E-state index contributed by atoms with van der Waals surface area (Å²) in [5.74, 6) is -0.273. The van der Waals surface area contributed by atoms with Gasteiger partial charge in [-0.25, -0.2) is 0 Å². The Morgan fingerprint density at radius 1 is 1.50 bits per heavy atom. The molecular formula is C13H14N2O. The lowest BCUT2D eigenvalue weighted by atomic mass is 9.91. The number of nitrogens with one attached hydrogen (secondary N) is 1. The predicted molar refractivity (Wildman–Crippen MR) is 62.0 cm³/mol. The maximum atomic E-state index is 11.5. The topological polar surface area (TPSA) is 52.9 Å². The molecule has 82 valence electrons. The summed E-state index contributed by atoms with van der Waals surface area (Å²) in [5.41, 5.74) is 3.16. The molecule has 0 aliphatic carbocycles. The summed E-state index contributed by atoms with van der Waals surface area (Å²) in [6.07, 6.45) is 0.526. The Labute approximate surface area is 95.1 Å². The van der Waals surface area contributed by atoms with Crippen molar-refractivity contribution < 1.29 is 4.79 Å². The number of nitriles is 1. The number of fused-ring (bicyclic) bond motifs is 1. The van der Waals surface area contributed by atoms with Gasteiger partial charge in [0.05, 0.1) is 6.07 Å². The van der Waals surface area contributed by atoms with Crippen molar-refractivity contribution >= 4 is 11.6 Å². The molecule has 0 radical (unpaired) electrons. The summed E-state index contributed by atoms with van der Waals surface area (Å²) >= 11 is 0. The molecule has 1 aliphatic rings. The van der Waals surface area contributed by atoms with Gasteiger partial charge in [0.2, 0.25) is 5.91 Å². The standard InChI is InChI=1S/C13H14N2O/c1-8(2)9-3-4-12-10(5-9)6-11(7-14)13(16)15-12/h3-5,8,11H,6H2,1-2H3,(H,15,16). The average molecular weight is 214 g/mol. The zero-order valence-electron chi connectivity index (χ0n) is 9.45. The molecule has 0 saturated carbocycles. The number of hydrogen-bond acceptors (Lipinski definition) is 2. The van der Waals surface area contributed by atoms with Crippen LogP contribution >= 0.6 is 0 Å². The SMILES string of the molecule is CC(C)c1ccc2c(c1)CC(C#N)C(=O)N2. The van der Waals surface area contributed by atoms with E-state index in [1.165, 1.54) is 5.56 Å². The Hall–Kier alpha value is -1.82. The van der Waals surface area contributed by atoms with Gasteiger partial charge in [0.1, 0.15) is 5.92 Å². The first-order valence-corrected chi connectivity index (χ1v) is 5.45. The highest BCUT2D eigenvalue weighted by Gasteiger charge is 2.25. The Kier molecular flexibility index (Phi) is 2.66. The summed E-state index contributed by atoms with van der Waals surface area (Å²) in [7, 11) is 0. The van der Waals surface area contributed by atoms with E-state index in [9.17, 15) is 4.79 Å². The number of hydrogen-bond donors (Lipinski definition) is 1. The molecule has 1 unspecified atom stereocenters. The lowest BCUT2D eigenvalue weighted by molar-refractivity contribution is -0.118. The minimum atomic E-state index is -0.546. The van der Waals surface area contributed by atoms with E-state index in [4.69, 9.17) is 5.26 Å². The molecule has 1 atom stereocenters. The van der Waals surface area contributed by atoms with Crippen LogP contribution in [0.25, 0.3) is 0 Å². The van der Waals surface area contributed by atoms with E-state index >= 15 is 0 Å². The van der Waals surface area contributed by atoms with E-state index in [-0.39, 0.29) is 5.91 Å². The van der Waals surface area contributed by atoms with Crippen LogP contribution in [0.2, 0.25) is 0 Å². The zero-order chi connectivity index (χ0) is 11.7. The molecule has 1 aliphatic heterocycles. The molecule has 1 aromatic carbocycles. The molecule has 3 nitrogen and oxygen atoms in total. The lowest BCUT2D eigenvalue weighted by Gasteiger charge is -2.21. The average Bonchev–Trinajstić information content (AvgIpc) is 2.27. The van der Waals surface area contributed by atoms with Crippen LogP contribution in [0, 0.1) is 17.2 Å². The third-order valence-electron chi connectivity index (χ3n) is 2.95. The van der Waals surface area contributed by atoms with Crippen LogP contribution in [0.1, 0.15) is 30.9 Å². The Morgan fingerprint density at radius 3 is 2.88 bits per heavy atom. The molecule has 1 N–H and O–H groups in total. The minimum Gasteiger partial charge on any atom is -0.325 e. The fourth-order valence-electron chi connectivity index (χ4n) is 1.90. The monoisotopic (exact) mass is 214 g/mol. The molecule has 0 bridgehead atoms. The highest BCUT2D eigenvalue weighted by molar-refractivity contribution is 5.97. The second-order valence-corrected chi connectivity index (χ2v) is 4.45. The highest BCUT2D eigenvalue weighted by atomic mass is 16.1. The van der Waals surface area contributed by atoms with Crippen LogP contribution in [-0.4, -0.2) is 5.91 Å². The molecule has 1 amide bonds. The Balaban J connectivity index is 2.38. The smallest absolute Gasteiger partial charge is 0.242 e. The Morgan fingerprint density at radius 2 is 2.25 bits per heavy atom. The van der Waals surface area contributed by atoms with E-state index < -0.39 is 5.92 Å². The van der Waals surface area contributed by atoms with Crippen LogP contribution in [-0.2, 0) is 11.2 Å². The van der Waals surface area contributed by atoms with E-state index in [2.05, 4.69) is 25.2 Å². The van der Waals surface area contributed by atoms with Crippen LogP contribution in [0.15, 0.2) is 18.2 Å². The molecule has 2 rings (SSSR count). The molecule has 0 aromatic heterocycles. The van der Waals surface area contributed by atoms with Crippen molar-refractivity contribution in [3.63, 3.8) is 0 Å². The molecular weight excluding hydrogens is 200 g/mol. The number of nitrogens with zero attached hydrogens (tertiary/aromatic N) is 1. The lowest BCUT2D eigenvalue weighted by Crippen LogP contribution is -2.28. The number of carbonyl (C=O) groups is 1. The quantitative estimate of drug-likeness (QED) is 0.780. The van der Waals surface area contributed by atoms with Gasteiger partial charge in [-0.1, -0.05) is 26.0 Å². The van der Waals surface area contributed by atoms with Crippen molar-refractivity contribution in [2.45, 2.75) is 26.2 Å². The van der Waals surface area contributed by atoms with Gasteiger partial charge in [-0.3, -0.25) is 4.79 Å². The predicted octanol–water partition coefficient (Wildman–Crippen LogP) is 2.44. The first-order valence-electron chi connectivity index (χ1n) is 5.45. The number of anilines is 1. The van der Waals surface area contributed by atoms with Crippen molar-refractivity contribution in [3.8, 4) is 6.07 Å². The second kappa shape index (κ2) is 3.97. The molecule has 16 heavy (non-hydrogen) atoms.